The summed E-state index contributed by atoms with van der Waals surface area (Å²) in [6, 6.07) is 6.63. The van der Waals surface area contributed by atoms with Crippen LogP contribution in [0, 0.1) is 0 Å². The second-order valence-corrected chi connectivity index (χ2v) is 4.24. The zero-order chi connectivity index (χ0) is 9.54. The molecule has 0 unspecified atom stereocenters. The fourth-order valence-electron chi connectivity index (χ4n) is 2.46. The molecule has 0 amide bonds. The highest BCUT2D eigenvalue weighted by atomic mass is 32.1. The summed E-state index contributed by atoms with van der Waals surface area (Å²) in [5.74, 6) is 0.840. The van der Waals surface area contributed by atoms with E-state index in [1.54, 1.807) is 0 Å². The van der Waals surface area contributed by atoms with E-state index in [4.69, 9.17) is 0 Å². The molecule has 0 fully saturated rings. The number of aromatic nitrogens is 1. The third-order valence-electron chi connectivity index (χ3n) is 3.08. The Kier molecular flexibility index (Phi) is 1.84. The first-order valence-electron chi connectivity index (χ1n) is 5.10. The fourth-order valence-corrected chi connectivity index (χ4v) is 2.71. The maximum atomic E-state index is 4.38. The average molecular weight is 203 g/mol. The van der Waals surface area contributed by atoms with E-state index in [0.717, 1.165) is 5.75 Å². The van der Waals surface area contributed by atoms with Crippen LogP contribution in [0.5, 0.6) is 0 Å². The van der Waals surface area contributed by atoms with Gasteiger partial charge in [-0.3, -0.25) is 0 Å². The van der Waals surface area contributed by atoms with Crippen molar-refractivity contribution in [3.63, 3.8) is 0 Å². The Hall–Kier alpha value is -0.890. The number of rotatable bonds is 1. The van der Waals surface area contributed by atoms with Crippen LogP contribution in [0.25, 0.3) is 10.9 Å². The van der Waals surface area contributed by atoms with Crippen molar-refractivity contribution in [2.24, 2.45) is 0 Å². The second kappa shape index (κ2) is 3.06. The molecule has 3 rings (SSSR count). The molecule has 1 aliphatic heterocycles. The van der Waals surface area contributed by atoms with E-state index in [1.165, 1.54) is 41.4 Å². The molecule has 72 valence electrons. The van der Waals surface area contributed by atoms with Gasteiger partial charge in [0.25, 0.3) is 0 Å². The van der Waals surface area contributed by atoms with Crippen molar-refractivity contribution < 1.29 is 0 Å². The molecule has 14 heavy (non-hydrogen) atoms. The Balaban J connectivity index is 2.42. The summed E-state index contributed by atoms with van der Waals surface area (Å²) < 4.78 is 2.39. The van der Waals surface area contributed by atoms with E-state index >= 15 is 0 Å². The van der Waals surface area contributed by atoms with E-state index < -0.39 is 0 Å². The van der Waals surface area contributed by atoms with Crippen molar-refractivity contribution in [1.29, 1.82) is 0 Å². The Morgan fingerprint density at radius 2 is 2.29 bits per heavy atom. The topological polar surface area (TPSA) is 4.93 Å². The molecule has 1 aliphatic rings. The maximum absolute atomic E-state index is 4.38. The maximum Gasteiger partial charge on any atom is 0.0516 e. The summed E-state index contributed by atoms with van der Waals surface area (Å²) in [7, 11) is 0. The minimum Gasteiger partial charge on any atom is -0.347 e. The molecule has 1 aromatic carbocycles. The Morgan fingerprint density at radius 1 is 1.36 bits per heavy atom. The molecule has 0 N–H and O–H groups in total. The Bertz CT molecular complexity index is 484. The molecule has 0 atom stereocenters. The summed E-state index contributed by atoms with van der Waals surface area (Å²) >= 11 is 4.38. The molecule has 0 radical (unpaired) electrons. The number of thiol groups is 1. The van der Waals surface area contributed by atoms with Crippen LogP contribution in [-0.2, 0) is 18.7 Å². The number of benzene rings is 1. The Morgan fingerprint density at radius 3 is 3.14 bits per heavy atom. The molecular formula is C12H13NS. The van der Waals surface area contributed by atoms with E-state index in [0.29, 0.717) is 0 Å². The van der Waals surface area contributed by atoms with Gasteiger partial charge >= 0.3 is 0 Å². The lowest BCUT2D eigenvalue weighted by atomic mass is 10.0. The standard InChI is InChI=1S/C12H13NS/c14-8-10-7-13-6-2-4-9-3-1-5-11(10)12(9)13/h1,3,5,7,14H,2,4,6,8H2. The summed E-state index contributed by atoms with van der Waals surface area (Å²) in [6.45, 7) is 1.17. The largest absolute Gasteiger partial charge is 0.347 e. The van der Waals surface area contributed by atoms with Crippen LogP contribution in [-0.4, -0.2) is 4.57 Å². The molecule has 1 aromatic heterocycles. The molecule has 0 saturated carbocycles. The third kappa shape index (κ3) is 1.04. The van der Waals surface area contributed by atoms with Crippen molar-refractivity contribution in [1.82, 2.24) is 4.57 Å². The number of aryl methyl sites for hydroxylation is 2. The van der Waals surface area contributed by atoms with E-state index in [2.05, 4.69) is 41.6 Å². The highest BCUT2D eigenvalue weighted by Gasteiger charge is 2.14. The zero-order valence-electron chi connectivity index (χ0n) is 8.03. The minimum absolute atomic E-state index is 0.840. The van der Waals surface area contributed by atoms with Gasteiger partial charge in [-0.25, -0.2) is 0 Å². The normalized spacial score (nSPS) is 14.9. The SMILES string of the molecule is SCc1cn2c3c(cccc13)CCC2. The fraction of sp³-hybridized carbons (Fsp3) is 0.333. The second-order valence-electron chi connectivity index (χ2n) is 3.92. The minimum atomic E-state index is 0.840. The van der Waals surface area contributed by atoms with Gasteiger partial charge in [0.2, 0.25) is 0 Å². The van der Waals surface area contributed by atoms with Crippen molar-refractivity contribution >= 4 is 23.5 Å². The highest BCUT2D eigenvalue weighted by molar-refractivity contribution is 7.79. The number of hydrogen-bond donors (Lipinski definition) is 1. The monoisotopic (exact) mass is 203 g/mol. The quantitative estimate of drug-likeness (QED) is 0.680. The van der Waals surface area contributed by atoms with Gasteiger partial charge < -0.3 is 4.57 Å². The number of para-hydroxylation sites is 1. The summed E-state index contributed by atoms with van der Waals surface area (Å²) in [5, 5.41) is 1.40. The van der Waals surface area contributed by atoms with E-state index in [9.17, 15) is 0 Å². The molecule has 0 aliphatic carbocycles. The van der Waals surface area contributed by atoms with Gasteiger partial charge in [0, 0.05) is 23.9 Å². The van der Waals surface area contributed by atoms with Crippen LogP contribution < -0.4 is 0 Å². The van der Waals surface area contributed by atoms with Gasteiger partial charge in [-0.05, 0) is 24.0 Å². The van der Waals surface area contributed by atoms with Crippen LogP contribution in [0.1, 0.15) is 17.5 Å². The molecule has 0 saturated heterocycles. The summed E-state index contributed by atoms with van der Waals surface area (Å²) in [4.78, 5) is 0. The molecule has 2 aromatic rings. The summed E-state index contributed by atoms with van der Waals surface area (Å²) in [6.07, 6.45) is 4.76. The van der Waals surface area contributed by atoms with Crippen LogP contribution in [0.3, 0.4) is 0 Å². The lowest BCUT2D eigenvalue weighted by Crippen LogP contribution is -2.05. The van der Waals surface area contributed by atoms with Gasteiger partial charge in [-0.1, -0.05) is 18.2 Å². The van der Waals surface area contributed by atoms with Gasteiger partial charge in [0.1, 0.15) is 0 Å². The predicted octanol–water partition coefficient (Wildman–Crippen LogP) is 3.02. The van der Waals surface area contributed by atoms with Gasteiger partial charge in [-0.2, -0.15) is 12.6 Å². The zero-order valence-corrected chi connectivity index (χ0v) is 8.93. The molecule has 1 nitrogen and oxygen atoms in total. The van der Waals surface area contributed by atoms with E-state index in [-0.39, 0.29) is 0 Å². The smallest absolute Gasteiger partial charge is 0.0516 e. The van der Waals surface area contributed by atoms with E-state index in [1.807, 2.05) is 0 Å². The lowest BCUT2D eigenvalue weighted by Gasteiger charge is -2.14. The Labute approximate surface area is 89.1 Å². The third-order valence-corrected chi connectivity index (χ3v) is 3.42. The molecule has 2 heteroatoms. The van der Waals surface area contributed by atoms with Crippen molar-refractivity contribution in [2.75, 3.05) is 0 Å². The molecule has 2 heterocycles. The number of nitrogens with zero attached hydrogens (tertiary/aromatic N) is 1. The van der Waals surface area contributed by atoms with Crippen LogP contribution >= 0.6 is 12.6 Å². The van der Waals surface area contributed by atoms with Gasteiger partial charge in [0.15, 0.2) is 0 Å². The van der Waals surface area contributed by atoms with Gasteiger partial charge in [-0.15, -0.1) is 0 Å². The van der Waals surface area contributed by atoms with Crippen LogP contribution in [0.2, 0.25) is 0 Å². The first-order chi connectivity index (χ1) is 6.90. The first-order valence-corrected chi connectivity index (χ1v) is 5.74. The average Bonchev–Trinajstić information content (AvgIpc) is 2.60. The molecule has 0 bridgehead atoms. The van der Waals surface area contributed by atoms with Gasteiger partial charge in [0.05, 0.1) is 5.52 Å². The van der Waals surface area contributed by atoms with Crippen LogP contribution in [0.15, 0.2) is 24.4 Å². The first kappa shape index (κ1) is 8.42. The van der Waals surface area contributed by atoms with Crippen molar-refractivity contribution in [3.8, 4) is 0 Å². The predicted molar refractivity (Wildman–Crippen MR) is 62.9 cm³/mol. The van der Waals surface area contributed by atoms with Crippen molar-refractivity contribution in [3.05, 3.63) is 35.5 Å². The van der Waals surface area contributed by atoms with Crippen molar-refractivity contribution in [2.45, 2.75) is 25.1 Å². The number of hydrogen-bond acceptors (Lipinski definition) is 1. The summed E-state index contributed by atoms with van der Waals surface area (Å²) in [5.41, 5.74) is 4.32. The molecule has 0 spiro atoms. The van der Waals surface area contributed by atoms with Crippen LogP contribution in [0.4, 0.5) is 0 Å². The highest BCUT2D eigenvalue weighted by Crippen LogP contribution is 2.29. The lowest BCUT2D eigenvalue weighted by molar-refractivity contribution is 0.635. The molecular weight excluding hydrogens is 190 g/mol.